The van der Waals surface area contributed by atoms with E-state index < -0.39 is 64.2 Å². The Morgan fingerprint density at radius 2 is 1.70 bits per heavy atom. The standard InChI is InChI=1S/C37H58N2O8/c1-20(2)21(3)33(5)15-16-35(7)23-9-11-27-34(6)18-45-19-37(27,24(23)13-14-36(35,8)29(33)31(42)43)17-26(46-22(4)40)30(34)47-32(44)25(38)10-12-28(39)41/h13,20-21,23,25-27,29-30H,9-12,14-19,38H2,1-8H3,(H2,39,41)(H,42,43)/t21-,23+,25?,26-,27+,29-,30+,33-,34+,35-,36+,37-/m1/s1. The van der Waals surface area contributed by atoms with Crippen molar-refractivity contribution in [2.24, 2.45) is 68.1 Å². The summed E-state index contributed by atoms with van der Waals surface area (Å²) in [5.74, 6) is -1.96. The van der Waals surface area contributed by atoms with Crippen LogP contribution in [-0.2, 0) is 33.4 Å². The topological polar surface area (TPSA) is 168 Å². The molecule has 10 nitrogen and oxygen atoms in total. The molecule has 5 N–H and O–H groups in total. The second-order valence-corrected chi connectivity index (χ2v) is 17.2. The van der Waals surface area contributed by atoms with E-state index in [1.54, 1.807) is 0 Å². The summed E-state index contributed by atoms with van der Waals surface area (Å²) in [5.41, 5.74) is 10.6. The van der Waals surface area contributed by atoms with Gasteiger partial charge in [0.2, 0.25) is 5.91 Å². The predicted molar refractivity (Wildman–Crippen MR) is 175 cm³/mol. The minimum absolute atomic E-state index is 0.0358. The summed E-state index contributed by atoms with van der Waals surface area (Å²) in [5, 5.41) is 10.9. The molecule has 0 aromatic carbocycles. The van der Waals surface area contributed by atoms with E-state index in [0.717, 1.165) is 25.7 Å². The van der Waals surface area contributed by atoms with Gasteiger partial charge in [0.1, 0.15) is 18.2 Å². The fourth-order valence-corrected chi connectivity index (χ4v) is 11.7. The highest BCUT2D eigenvalue weighted by Gasteiger charge is 2.72. The van der Waals surface area contributed by atoms with Gasteiger partial charge >= 0.3 is 17.9 Å². The van der Waals surface area contributed by atoms with Crippen LogP contribution in [0, 0.1) is 56.7 Å². The van der Waals surface area contributed by atoms with Crippen LogP contribution >= 0.6 is 0 Å². The lowest BCUT2D eigenvalue weighted by Gasteiger charge is -2.71. The SMILES string of the molecule is CC(=O)O[C@@H]1C[C@]23COC[C@@](C)([C@@H]2CC[C@H]2C3=CC[C@@]3(C)[C@H](C(=O)O)[C@@](C)([C@H](C)C(C)C)CC[C@]23C)[C@H]1OC(=O)C(N)CCC(N)=O. The number of rotatable bonds is 9. The Bertz CT molecular complexity index is 1330. The Morgan fingerprint density at radius 1 is 1.02 bits per heavy atom. The van der Waals surface area contributed by atoms with Crippen LogP contribution < -0.4 is 11.5 Å². The number of carbonyl (C=O) groups is 4. The second-order valence-electron chi connectivity index (χ2n) is 17.2. The monoisotopic (exact) mass is 658 g/mol. The Hall–Kier alpha value is -2.46. The van der Waals surface area contributed by atoms with Gasteiger partial charge in [-0.1, -0.05) is 60.1 Å². The van der Waals surface area contributed by atoms with Crippen LogP contribution in [0.3, 0.4) is 0 Å². The van der Waals surface area contributed by atoms with E-state index in [2.05, 4.69) is 54.5 Å². The molecule has 1 amide bonds. The zero-order chi connectivity index (χ0) is 34.9. The van der Waals surface area contributed by atoms with Crippen LogP contribution in [-0.4, -0.2) is 60.4 Å². The smallest absolute Gasteiger partial charge is 0.323 e. The van der Waals surface area contributed by atoms with E-state index in [1.807, 2.05) is 0 Å². The molecular weight excluding hydrogens is 600 g/mol. The number of esters is 2. The highest BCUT2D eigenvalue weighted by Crippen LogP contribution is 2.75. The number of aliphatic carboxylic acids is 1. The molecule has 1 aliphatic heterocycles. The molecule has 1 unspecified atom stereocenters. The summed E-state index contributed by atoms with van der Waals surface area (Å²) in [7, 11) is 0. The van der Waals surface area contributed by atoms with Gasteiger partial charge in [0.25, 0.3) is 0 Å². The number of ether oxygens (including phenoxy) is 3. The summed E-state index contributed by atoms with van der Waals surface area (Å²) in [4.78, 5) is 50.5. The highest BCUT2D eigenvalue weighted by molar-refractivity contribution is 5.78. The molecule has 0 aromatic rings. The van der Waals surface area contributed by atoms with Crippen molar-refractivity contribution in [3.05, 3.63) is 11.6 Å². The summed E-state index contributed by atoms with van der Waals surface area (Å²) in [6.45, 7) is 17.7. The molecule has 264 valence electrons. The summed E-state index contributed by atoms with van der Waals surface area (Å²) in [6.07, 6.45) is 5.55. The van der Waals surface area contributed by atoms with Crippen LogP contribution in [0.25, 0.3) is 0 Å². The predicted octanol–water partition coefficient (Wildman–Crippen LogP) is 5.01. The molecule has 2 bridgehead atoms. The van der Waals surface area contributed by atoms with Crippen molar-refractivity contribution in [3.63, 3.8) is 0 Å². The zero-order valence-electron chi connectivity index (χ0n) is 29.7. The number of primary amides is 1. The molecule has 47 heavy (non-hydrogen) atoms. The van der Waals surface area contributed by atoms with E-state index >= 15 is 0 Å². The first-order valence-electron chi connectivity index (χ1n) is 17.7. The van der Waals surface area contributed by atoms with Crippen molar-refractivity contribution >= 4 is 23.8 Å². The van der Waals surface area contributed by atoms with Crippen LogP contribution in [0.15, 0.2) is 11.6 Å². The van der Waals surface area contributed by atoms with Crippen molar-refractivity contribution in [2.75, 3.05) is 13.2 Å². The van der Waals surface area contributed by atoms with Crippen LogP contribution in [0.5, 0.6) is 0 Å². The Labute approximate surface area is 280 Å². The first-order valence-corrected chi connectivity index (χ1v) is 17.7. The van der Waals surface area contributed by atoms with Gasteiger partial charge in [-0.05, 0) is 84.9 Å². The van der Waals surface area contributed by atoms with Crippen LogP contribution in [0.1, 0.15) is 107 Å². The van der Waals surface area contributed by atoms with E-state index in [9.17, 15) is 24.3 Å². The number of carboxylic acids is 1. The van der Waals surface area contributed by atoms with Crippen molar-refractivity contribution in [1.82, 2.24) is 0 Å². The molecule has 5 rings (SSSR count). The number of hydrogen-bond donors (Lipinski definition) is 3. The van der Waals surface area contributed by atoms with Crippen molar-refractivity contribution in [3.8, 4) is 0 Å². The first-order chi connectivity index (χ1) is 21.8. The van der Waals surface area contributed by atoms with E-state index in [0.29, 0.717) is 32.0 Å². The van der Waals surface area contributed by atoms with Crippen LogP contribution in [0.4, 0.5) is 0 Å². The number of amides is 1. The van der Waals surface area contributed by atoms with E-state index in [4.69, 9.17) is 25.7 Å². The van der Waals surface area contributed by atoms with Crippen molar-refractivity contribution < 1.29 is 38.5 Å². The molecule has 1 saturated heterocycles. The maximum Gasteiger partial charge on any atom is 0.323 e. The van der Waals surface area contributed by atoms with Crippen LogP contribution in [0.2, 0.25) is 0 Å². The van der Waals surface area contributed by atoms with Gasteiger partial charge in [0, 0.05) is 24.2 Å². The van der Waals surface area contributed by atoms with Gasteiger partial charge in [-0.3, -0.25) is 19.2 Å². The molecule has 0 radical (unpaired) electrons. The maximum absolute atomic E-state index is 13.3. The number of hydrogen-bond acceptors (Lipinski definition) is 8. The fraction of sp³-hybridized carbons (Fsp3) is 0.838. The molecular formula is C37H58N2O8. The number of allylic oxidation sites excluding steroid dienone is 1. The minimum atomic E-state index is -1.03. The van der Waals surface area contributed by atoms with Gasteiger partial charge in [0.05, 0.1) is 19.1 Å². The Morgan fingerprint density at radius 3 is 2.30 bits per heavy atom. The first kappa shape index (κ1) is 35.8. The Balaban J connectivity index is 1.55. The molecule has 1 heterocycles. The number of carbonyl (C=O) groups excluding carboxylic acids is 3. The average Bonchev–Trinajstić information content (AvgIpc) is 2.97. The third-order valence-corrected chi connectivity index (χ3v) is 14.6. The molecule has 12 atom stereocenters. The lowest BCUT2D eigenvalue weighted by atomic mass is 9.34. The largest absolute Gasteiger partial charge is 0.481 e. The minimum Gasteiger partial charge on any atom is -0.481 e. The normalized spacial score (nSPS) is 43.7. The average molecular weight is 659 g/mol. The maximum atomic E-state index is 13.3. The fourth-order valence-electron chi connectivity index (χ4n) is 11.7. The molecule has 4 fully saturated rings. The number of carboxylic acid groups (broad SMARTS) is 1. The summed E-state index contributed by atoms with van der Waals surface area (Å²) >= 11 is 0. The summed E-state index contributed by atoms with van der Waals surface area (Å²) < 4.78 is 18.6. The number of fused-ring (bicyclic) bond motifs is 3. The van der Waals surface area contributed by atoms with Gasteiger partial charge in [-0.2, -0.15) is 0 Å². The molecule has 3 saturated carbocycles. The van der Waals surface area contributed by atoms with Crippen molar-refractivity contribution in [1.29, 1.82) is 0 Å². The van der Waals surface area contributed by atoms with Gasteiger partial charge in [0.15, 0.2) is 0 Å². The third kappa shape index (κ3) is 5.35. The van der Waals surface area contributed by atoms with Crippen molar-refractivity contribution in [2.45, 2.75) is 125 Å². The van der Waals surface area contributed by atoms with Gasteiger partial charge in [-0.25, -0.2) is 0 Å². The van der Waals surface area contributed by atoms with E-state index in [-0.39, 0.29) is 41.4 Å². The number of nitrogens with two attached hydrogens (primary N) is 2. The van der Waals surface area contributed by atoms with Gasteiger partial charge in [-0.15, -0.1) is 0 Å². The molecule has 0 spiro atoms. The zero-order valence-corrected chi connectivity index (χ0v) is 29.7. The van der Waals surface area contributed by atoms with E-state index in [1.165, 1.54) is 12.5 Å². The summed E-state index contributed by atoms with van der Waals surface area (Å²) in [6, 6.07) is -1.03. The molecule has 0 aromatic heterocycles. The third-order valence-electron chi connectivity index (χ3n) is 14.6. The quantitative estimate of drug-likeness (QED) is 0.228. The van der Waals surface area contributed by atoms with Gasteiger partial charge < -0.3 is 30.8 Å². The lowest BCUT2D eigenvalue weighted by molar-refractivity contribution is -0.263. The molecule has 5 aliphatic rings. The molecule has 10 heteroatoms. The Kier molecular flexibility index (Phi) is 9.26. The molecule has 4 aliphatic carbocycles. The second kappa shape index (κ2) is 12.1. The lowest BCUT2D eigenvalue weighted by Crippen LogP contribution is -2.70. The highest BCUT2D eigenvalue weighted by atomic mass is 16.6.